The number of hydrogen-bond acceptors (Lipinski definition) is 2. The molecule has 1 saturated heterocycles. The lowest BCUT2D eigenvalue weighted by atomic mass is 9.67. The summed E-state index contributed by atoms with van der Waals surface area (Å²) < 4.78 is 6.25. The average Bonchev–Trinajstić information content (AvgIpc) is 2.29. The number of rotatable bonds is 1. The third kappa shape index (κ3) is 1.80. The highest BCUT2D eigenvalue weighted by Gasteiger charge is 2.47. The molecule has 3 aliphatic rings. The van der Waals surface area contributed by atoms with Crippen LogP contribution in [0, 0.1) is 11.3 Å². The minimum atomic E-state index is 0.0759. The lowest BCUT2D eigenvalue weighted by Crippen LogP contribution is -2.61. The fraction of sp³-hybridized carbons (Fsp3) is 1.00. The summed E-state index contributed by atoms with van der Waals surface area (Å²) in [6, 6.07) is 0. The van der Waals surface area contributed by atoms with Gasteiger partial charge in [0, 0.05) is 12.0 Å². The molecule has 0 aromatic rings. The fourth-order valence-electron chi connectivity index (χ4n) is 3.61. The molecule has 2 saturated carbocycles. The molecule has 2 heteroatoms. The monoisotopic (exact) mass is 223 g/mol. The van der Waals surface area contributed by atoms with E-state index in [2.05, 4.69) is 12.2 Å². The van der Waals surface area contributed by atoms with Crippen LogP contribution in [0.2, 0.25) is 0 Å². The van der Waals surface area contributed by atoms with Gasteiger partial charge in [0.15, 0.2) is 0 Å². The predicted octanol–water partition coefficient (Wildman–Crippen LogP) is 3.07. The van der Waals surface area contributed by atoms with Crippen molar-refractivity contribution < 1.29 is 4.74 Å². The van der Waals surface area contributed by atoms with Gasteiger partial charge in [-0.2, -0.15) is 0 Å². The molecule has 2 spiro atoms. The molecule has 0 bridgehead atoms. The first-order chi connectivity index (χ1) is 7.76. The number of hydrogen-bond donors (Lipinski definition) is 1. The molecule has 0 aromatic carbocycles. The van der Waals surface area contributed by atoms with Crippen LogP contribution in [0.15, 0.2) is 0 Å². The standard InChI is InChI=1S/C14H25NO/c1-2-12-4-8-14(9-5-12)15-10-13(11-16-14)6-3-7-13/h12,15H,2-11H2,1H3. The molecule has 1 N–H and O–H groups in total. The Balaban J connectivity index is 1.56. The molecule has 2 nitrogen and oxygen atoms in total. The zero-order chi connectivity index (χ0) is 11.1. The molecule has 1 heterocycles. The van der Waals surface area contributed by atoms with Crippen LogP contribution in [0.1, 0.15) is 58.3 Å². The van der Waals surface area contributed by atoms with E-state index in [-0.39, 0.29) is 5.72 Å². The van der Waals surface area contributed by atoms with Gasteiger partial charge in [0.2, 0.25) is 0 Å². The van der Waals surface area contributed by atoms with Crippen molar-refractivity contribution in [3.8, 4) is 0 Å². The summed E-state index contributed by atoms with van der Waals surface area (Å²) in [6.45, 7) is 4.56. The lowest BCUT2D eigenvalue weighted by Gasteiger charge is -2.53. The van der Waals surface area contributed by atoms with E-state index in [0.717, 1.165) is 12.5 Å². The van der Waals surface area contributed by atoms with Gasteiger partial charge in [0.05, 0.1) is 6.61 Å². The third-order valence-corrected chi connectivity index (χ3v) is 5.34. The van der Waals surface area contributed by atoms with Crippen LogP contribution in [-0.4, -0.2) is 18.9 Å². The molecular weight excluding hydrogens is 198 g/mol. The molecule has 1 aliphatic heterocycles. The zero-order valence-electron chi connectivity index (χ0n) is 10.6. The smallest absolute Gasteiger partial charge is 0.119 e. The Morgan fingerprint density at radius 2 is 1.94 bits per heavy atom. The van der Waals surface area contributed by atoms with Crippen molar-refractivity contribution in [3.05, 3.63) is 0 Å². The summed E-state index contributed by atoms with van der Waals surface area (Å²) in [5.41, 5.74) is 0.610. The highest BCUT2D eigenvalue weighted by molar-refractivity contribution is 4.97. The van der Waals surface area contributed by atoms with Gasteiger partial charge in [0.1, 0.15) is 5.72 Å². The maximum atomic E-state index is 6.25. The maximum Gasteiger partial charge on any atom is 0.119 e. The first-order valence-corrected chi connectivity index (χ1v) is 7.15. The van der Waals surface area contributed by atoms with E-state index in [0.29, 0.717) is 5.41 Å². The molecule has 0 unspecified atom stereocenters. The molecule has 3 rings (SSSR count). The normalized spacial score (nSPS) is 42.2. The summed E-state index contributed by atoms with van der Waals surface area (Å²) in [5.74, 6) is 0.954. The van der Waals surface area contributed by atoms with E-state index in [9.17, 15) is 0 Å². The quantitative estimate of drug-likeness (QED) is 0.737. The van der Waals surface area contributed by atoms with Crippen LogP contribution >= 0.6 is 0 Å². The molecule has 0 atom stereocenters. The molecule has 2 aliphatic carbocycles. The van der Waals surface area contributed by atoms with Crippen LogP contribution in [0.25, 0.3) is 0 Å². The highest BCUT2D eigenvalue weighted by atomic mass is 16.5. The average molecular weight is 223 g/mol. The largest absolute Gasteiger partial charge is 0.360 e. The summed E-state index contributed by atoms with van der Waals surface area (Å²) in [5, 5.41) is 3.75. The van der Waals surface area contributed by atoms with E-state index < -0.39 is 0 Å². The molecule has 0 radical (unpaired) electrons. The Labute approximate surface area is 99.1 Å². The summed E-state index contributed by atoms with van der Waals surface area (Å²) >= 11 is 0. The minimum Gasteiger partial charge on any atom is -0.360 e. The Bertz CT molecular complexity index is 239. The van der Waals surface area contributed by atoms with E-state index in [1.165, 1.54) is 57.9 Å². The number of nitrogens with one attached hydrogen (secondary N) is 1. The van der Waals surface area contributed by atoms with E-state index >= 15 is 0 Å². The predicted molar refractivity (Wildman–Crippen MR) is 65.2 cm³/mol. The molecule has 3 fully saturated rings. The first kappa shape index (κ1) is 11.0. The lowest BCUT2D eigenvalue weighted by molar-refractivity contribution is -0.182. The second-order valence-electron chi connectivity index (χ2n) is 6.34. The van der Waals surface area contributed by atoms with Crippen molar-refractivity contribution in [2.24, 2.45) is 11.3 Å². The fourth-order valence-corrected chi connectivity index (χ4v) is 3.61. The molecule has 0 aromatic heterocycles. The Hall–Kier alpha value is -0.0800. The van der Waals surface area contributed by atoms with Crippen LogP contribution in [0.4, 0.5) is 0 Å². The highest BCUT2D eigenvalue weighted by Crippen LogP contribution is 2.46. The van der Waals surface area contributed by atoms with Crippen LogP contribution in [-0.2, 0) is 4.74 Å². The van der Waals surface area contributed by atoms with Gasteiger partial charge < -0.3 is 4.74 Å². The van der Waals surface area contributed by atoms with Gasteiger partial charge in [-0.3, -0.25) is 5.32 Å². The van der Waals surface area contributed by atoms with Crippen molar-refractivity contribution >= 4 is 0 Å². The van der Waals surface area contributed by atoms with Gasteiger partial charge in [-0.25, -0.2) is 0 Å². The van der Waals surface area contributed by atoms with Crippen molar-refractivity contribution in [2.75, 3.05) is 13.2 Å². The van der Waals surface area contributed by atoms with E-state index in [1.807, 2.05) is 0 Å². The van der Waals surface area contributed by atoms with Crippen LogP contribution in [0.5, 0.6) is 0 Å². The van der Waals surface area contributed by atoms with Gasteiger partial charge in [-0.1, -0.05) is 19.8 Å². The Morgan fingerprint density at radius 1 is 1.19 bits per heavy atom. The van der Waals surface area contributed by atoms with Crippen molar-refractivity contribution in [2.45, 2.75) is 64.0 Å². The van der Waals surface area contributed by atoms with Gasteiger partial charge >= 0.3 is 0 Å². The number of ether oxygens (including phenoxy) is 1. The SMILES string of the molecule is CCC1CCC2(CC1)NCC1(CCC1)CO2. The van der Waals surface area contributed by atoms with Crippen molar-refractivity contribution in [1.82, 2.24) is 5.32 Å². The van der Waals surface area contributed by atoms with Crippen LogP contribution in [0.3, 0.4) is 0 Å². The molecule has 92 valence electrons. The Kier molecular flexibility index (Phi) is 2.75. The topological polar surface area (TPSA) is 21.3 Å². The van der Waals surface area contributed by atoms with Gasteiger partial charge in [-0.05, 0) is 44.4 Å². The van der Waals surface area contributed by atoms with E-state index in [4.69, 9.17) is 4.74 Å². The molecule has 0 amide bonds. The summed E-state index contributed by atoms with van der Waals surface area (Å²) in [6.07, 6.45) is 10.7. The third-order valence-electron chi connectivity index (χ3n) is 5.34. The van der Waals surface area contributed by atoms with Crippen molar-refractivity contribution in [1.29, 1.82) is 0 Å². The van der Waals surface area contributed by atoms with Gasteiger partial charge in [0.25, 0.3) is 0 Å². The zero-order valence-corrected chi connectivity index (χ0v) is 10.6. The Morgan fingerprint density at radius 3 is 2.38 bits per heavy atom. The summed E-state index contributed by atoms with van der Waals surface area (Å²) in [4.78, 5) is 0. The second-order valence-corrected chi connectivity index (χ2v) is 6.34. The summed E-state index contributed by atoms with van der Waals surface area (Å²) in [7, 11) is 0. The van der Waals surface area contributed by atoms with E-state index in [1.54, 1.807) is 0 Å². The van der Waals surface area contributed by atoms with Crippen LogP contribution < -0.4 is 5.32 Å². The second kappa shape index (κ2) is 3.99. The minimum absolute atomic E-state index is 0.0759. The molecular formula is C14H25NO. The maximum absolute atomic E-state index is 6.25. The van der Waals surface area contributed by atoms with Gasteiger partial charge in [-0.15, -0.1) is 0 Å². The first-order valence-electron chi connectivity index (χ1n) is 7.15. The van der Waals surface area contributed by atoms with Crippen molar-refractivity contribution in [3.63, 3.8) is 0 Å². The molecule has 16 heavy (non-hydrogen) atoms.